The summed E-state index contributed by atoms with van der Waals surface area (Å²) >= 11 is 1.86. The molecular formula is C3H6MoO. The topological polar surface area (TPSA) is 9.23 Å². The second-order valence-corrected chi connectivity index (χ2v) is 2.11. The van der Waals surface area contributed by atoms with E-state index in [4.69, 9.17) is 0 Å². The second-order valence-electron chi connectivity index (χ2n) is 0.696. The zero-order valence-corrected chi connectivity index (χ0v) is 5.32. The van der Waals surface area contributed by atoms with Crippen LogP contribution in [-0.4, -0.2) is 11.2 Å². The summed E-state index contributed by atoms with van der Waals surface area (Å²) in [6.45, 7) is 1.92. The zero-order valence-electron chi connectivity index (χ0n) is 3.32. The summed E-state index contributed by atoms with van der Waals surface area (Å²) < 4.78 is 5.69. The van der Waals surface area contributed by atoms with Crippen molar-refractivity contribution in [2.45, 2.75) is 6.92 Å². The standard InChI is InChI=1S/C3H6O.Mo/c1-3-4-2;/h1-2H3;. The number of methoxy groups -OCH3 is 1. The van der Waals surface area contributed by atoms with Crippen LogP contribution < -0.4 is 0 Å². The Morgan fingerprint density at radius 2 is 2.00 bits per heavy atom. The van der Waals surface area contributed by atoms with Gasteiger partial charge in [-0.3, -0.25) is 0 Å². The first-order chi connectivity index (χ1) is 2.27. The number of rotatable bonds is 1. The average molecular weight is 154 g/mol. The molecule has 0 bridgehead atoms. The Hall–Kier alpha value is 0.518. The van der Waals surface area contributed by atoms with Gasteiger partial charge in [-0.15, -0.1) is 0 Å². The summed E-state index contributed by atoms with van der Waals surface area (Å²) in [4.78, 5) is 0. The predicted molar refractivity (Wildman–Crippen MR) is 17.7 cm³/mol. The molecule has 5 heavy (non-hydrogen) atoms. The molecule has 1 nitrogen and oxygen atoms in total. The Morgan fingerprint density at radius 1 is 1.80 bits per heavy atom. The average Bonchev–Trinajstić information content (AvgIpc) is 1.38. The van der Waals surface area contributed by atoms with Crippen LogP contribution in [0.25, 0.3) is 0 Å². The molecule has 0 atom stereocenters. The molecule has 0 aliphatic carbocycles. The molecule has 0 fully saturated rings. The molecule has 0 saturated heterocycles. The maximum atomic E-state index is 4.67. The van der Waals surface area contributed by atoms with Gasteiger partial charge in [0.2, 0.25) is 0 Å². The summed E-state index contributed by atoms with van der Waals surface area (Å²) in [7, 11) is 1.66. The Balaban J connectivity index is 2.85. The van der Waals surface area contributed by atoms with E-state index < -0.39 is 0 Å². The van der Waals surface area contributed by atoms with Crippen LogP contribution in [0.4, 0.5) is 0 Å². The first kappa shape index (κ1) is 5.52. The van der Waals surface area contributed by atoms with Crippen molar-refractivity contribution in [2.24, 2.45) is 0 Å². The van der Waals surface area contributed by atoms with Crippen LogP contribution in [0.2, 0.25) is 0 Å². The Labute approximate surface area is 42.7 Å². The van der Waals surface area contributed by atoms with E-state index in [1.807, 2.05) is 26.3 Å². The first-order valence-electron chi connectivity index (χ1n) is 1.32. The summed E-state index contributed by atoms with van der Waals surface area (Å²) in [5.74, 6) is 0. The molecule has 0 N–H and O–H groups in total. The van der Waals surface area contributed by atoms with Gasteiger partial charge in [0.05, 0.1) is 0 Å². The minimum absolute atomic E-state index is 1.01. The zero-order chi connectivity index (χ0) is 4.28. The minimum atomic E-state index is 1.01. The van der Waals surface area contributed by atoms with Crippen molar-refractivity contribution in [1.82, 2.24) is 0 Å². The third-order valence-corrected chi connectivity index (χ3v) is 0.697. The third-order valence-electron chi connectivity index (χ3n) is 0.287. The Kier molecular flexibility index (Phi) is 3.02. The second kappa shape index (κ2) is 2.74. The van der Waals surface area contributed by atoms with Gasteiger partial charge in [-0.05, 0) is 0 Å². The van der Waals surface area contributed by atoms with Gasteiger partial charge in [-0.2, -0.15) is 0 Å². The van der Waals surface area contributed by atoms with Crippen LogP contribution >= 0.6 is 0 Å². The molecule has 2 heteroatoms. The molecule has 0 aliphatic heterocycles. The molecule has 30 valence electrons. The molecule has 0 rings (SSSR count). The van der Waals surface area contributed by atoms with Gasteiger partial charge in [0, 0.05) is 0 Å². The van der Waals surface area contributed by atoms with Crippen molar-refractivity contribution in [3.05, 3.63) is 0 Å². The normalized spacial score (nSPS) is 7.60. The molecule has 0 aliphatic rings. The monoisotopic (exact) mass is 156 g/mol. The molecule has 0 spiro atoms. The number of hydrogen-bond acceptors (Lipinski definition) is 1. The third kappa shape index (κ3) is 4.52. The van der Waals surface area contributed by atoms with E-state index in [-0.39, 0.29) is 0 Å². The Morgan fingerprint density at radius 3 is 2.00 bits per heavy atom. The summed E-state index contributed by atoms with van der Waals surface area (Å²) in [5.41, 5.74) is 0. The molecule has 0 aromatic rings. The molecule has 0 radical (unpaired) electrons. The van der Waals surface area contributed by atoms with Gasteiger partial charge in [0.1, 0.15) is 0 Å². The molecular weight excluding hydrogens is 148 g/mol. The van der Waals surface area contributed by atoms with Gasteiger partial charge in [0.25, 0.3) is 0 Å². The van der Waals surface area contributed by atoms with Gasteiger partial charge in [-0.25, -0.2) is 0 Å². The predicted octanol–water partition coefficient (Wildman–Crippen LogP) is 0.329. The van der Waals surface area contributed by atoms with Crippen molar-refractivity contribution in [3.63, 3.8) is 0 Å². The summed E-state index contributed by atoms with van der Waals surface area (Å²) in [6, 6.07) is 0. The molecule has 0 unspecified atom stereocenters. The van der Waals surface area contributed by atoms with Crippen molar-refractivity contribution in [2.75, 3.05) is 7.11 Å². The SMILES string of the molecule is CO[C](C)=[Mo]. The van der Waals surface area contributed by atoms with Crippen molar-refractivity contribution in [3.8, 4) is 0 Å². The van der Waals surface area contributed by atoms with Crippen LogP contribution in [0.5, 0.6) is 0 Å². The fraction of sp³-hybridized carbons (Fsp3) is 0.667. The van der Waals surface area contributed by atoms with E-state index in [0.29, 0.717) is 0 Å². The number of ether oxygens (including phenoxy) is 1. The maximum absolute atomic E-state index is 4.67. The van der Waals surface area contributed by atoms with Gasteiger partial charge >= 0.3 is 42.2 Å². The van der Waals surface area contributed by atoms with Crippen molar-refractivity contribution in [1.29, 1.82) is 0 Å². The molecule has 0 aromatic carbocycles. The first-order valence-corrected chi connectivity index (χ1v) is 2.32. The van der Waals surface area contributed by atoms with Gasteiger partial charge in [0.15, 0.2) is 0 Å². The quantitative estimate of drug-likeness (QED) is 0.494. The van der Waals surface area contributed by atoms with Crippen LogP contribution in [0.3, 0.4) is 0 Å². The fourth-order valence-corrected chi connectivity index (χ4v) is 0. The van der Waals surface area contributed by atoms with E-state index in [1.165, 1.54) is 0 Å². The van der Waals surface area contributed by atoms with E-state index in [0.717, 1.165) is 4.08 Å². The van der Waals surface area contributed by atoms with E-state index in [2.05, 4.69) is 4.74 Å². The molecule has 0 aromatic heterocycles. The molecule has 0 saturated carbocycles. The van der Waals surface area contributed by atoms with E-state index >= 15 is 0 Å². The van der Waals surface area contributed by atoms with Crippen LogP contribution in [-0.2, 0) is 24.1 Å². The Bertz CT molecular complexity index is 42.2. The summed E-state index contributed by atoms with van der Waals surface area (Å²) in [5, 5.41) is 0. The van der Waals surface area contributed by atoms with Crippen molar-refractivity contribution < 1.29 is 24.1 Å². The van der Waals surface area contributed by atoms with E-state index in [9.17, 15) is 0 Å². The van der Waals surface area contributed by atoms with Crippen molar-refractivity contribution >= 4 is 4.08 Å². The van der Waals surface area contributed by atoms with Crippen LogP contribution in [0, 0.1) is 0 Å². The van der Waals surface area contributed by atoms with Crippen LogP contribution in [0.1, 0.15) is 6.92 Å². The van der Waals surface area contributed by atoms with Gasteiger partial charge in [-0.1, -0.05) is 0 Å². The molecule has 0 amide bonds. The van der Waals surface area contributed by atoms with E-state index in [1.54, 1.807) is 7.11 Å². The number of hydrogen-bond donors (Lipinski definition) is 0. The van der Waals surface area contributed by atoms with Gasteiger partial charge < -0.3 is 0 Å². The fourth-order valence-electron chi connectivity index (χ4n) is 0. The summed E-state index contributed by atoms with van der Waals surface area (Å²) in [6.07, 6.45) is 0. The van der Waals surface area contributed by atoms with Crippen LogP contribution in [0.15, 0.2) is 0 Å². The molecule has 0 heterocycles.